The molecule has 3 rings (SSSR count). The van der Waals surface area contributed by atoms with Crippen molar-refractivity contribution in [3.05, 3.63) is 103 Å². The van der Waals surface area contributed by atoms with Gasteiger partial charge in [-0.05, 0) is 23.3 Å². The zero-order valence-electron chi connectivity index (χ0n) is 12.0. The summed E-state index contributed by atoms with van der Waals surface area (Å²) in [6, 6.07) is 17.2. The van der Waals surface area contributed by atoms with Gasteiger partial charge < -0.3 is 9.84 Å². The van der Waals surface area contributed by atoms with Crippen LogP contribution in [0.3, 0.4) is 0 Å². The fourth-order valence-electron chi connectivity index (χ4n) is 1.67. The second kappa shape index (κ2) is 9.56. The van der Waals surface area contributed by atoms with Crippen molar-refractivity contribution in [2.75, 3.05) is 0 Å². The molecule has 0 bridgehead atoms. The molecule has 0 radical (unpaired) electrons. The summed E-state index contributed by atoms with van der Waals surface area (Å²) in [5, 5.41) is 11.6. The standard InChI is InChI=1S/C14H12O2.C5H5.Fe/c1-2-11-7-9-13(10-8-11)16-14(15)12-5-3-4-6-12;1-2-4-5-3-1;/h2-10,15H,1H2;1-5H;/q;-1;+2/p-1. The normalized spacial score (nSPS) is 11.2. The summed E-state index contributed by atoms with van der Waals surface area (Å²) in [4.78, 5) is 0. The molecule has 0 atom stereocenters. The summed E-state index contributed by atoms with van der Waals surface area (Å²) in [5.41, 5.74) is 1.56. The van der Waals surface area contributed by atoms with Crippen LogP contribution in [0.15, 0.2) is 97.0 Å². The zero-order valence-corrected chi connectivity index (χ0v) is 13.1. The Morgan fingerprint density at radius 3 is 2.09 bits per heavy atom. The Bertz CT molecular complexity index is 616. The average Bonchev–Trinajstić information content (AvgIpc) is 3.23. The summed E-state index contributed by atoms with van der Waals surface area (Å²) < 4.78 is 5.19. The molecule has 1 aliphatic carbocycles. The van der Waals surface area contributed by atoms with Gasteiger partial charge in [-0.25, -0.2) is 12.1 Å². The fraction of sp³-hybridized carbons (Fsp3) is 0. The first-order chi connectivity index (χ1) is 10.3. The molecule has 1 aliphatic rings. The van der Waals surface area contributed by atoms with E-state index in [4.69, 9.17) is 4.74 Å². The Morgan fingerprint density at radius 1 is 1.05 bits per heavy atom. The molecule has 2 nitrogen and oxygen atoms in total. The molecule has 112 valence electrons. The van der Waals surface area contributed by atoms with Gasteiger partial charge in [0.2, 0.25) is 0 Å². The summed E-state index contributed by atoms with van der Waals surface area (Å²) in [6.07, 6.45) is 8.79. The van der Waals surface area contributed by atoms with Crippen LogP contribution in [0.1, 0.15) is 5.56 Å². The topological polar surface area (TPSA) is 32.3 Å². The van der Waals surface area contributed by atoms with Crippen molar-refractivity contribution in [3.8, 4) is 5.75 Å². The maximum atomic E-state index is 11.6. The Hall–Kier alpha value is -2.35. The molecular formula is C19H16FeO2. The van der Waals surface area contributed by atoms with Gasteiger partial charge in [0.15, 0.2) is 0 Å². The summed E-state index contributed by atoms with van der Waals surface area (Å²) >= 11 is 0. The van der Waals surface area contributed by atoms with Crippen LogP contribution in [0.25, 0.3) is 6.08 Å². The first-order valence-electron chi connectivity index (χ1n) is 6.62. The maximum Gasteiger partial charge on any atom is 2.00 e. The molecule has 2 aromatic carbocycles. The maximum absolute atomic E-state index is 11.6. The third-order valence-corrected chi connectivity index (χ3v) is 2.78. The van der Waals surface area contributed by atoms with Crippen molar-refractivity contribution in [2.24, 2.45) is 0 Å². The van der Waals surface area contributed by atoms with E-state index in [9.17, 15) is 5.11 Å². The molecule has 0 unspecified atom stereocenters. The van der Waals surface area contributed by atoms with E-state index >= 15 is 0 Å². The van der Waals surface area contributed by atoms with Crippen LogP contribution in [0.2, 0.25) is 0 Å². The van der Waals surface area contributed by atoms with E-state index in [1.54, 1.807) is 42.5 Å². The van der Waals surface area contributed by atoms with Crippen LogP contribution < -0.4 is 9.84 Å². The predicted molar refractivity (Wildman–Crippen MR) is 84.5 cm³/mol. The van der Waals surface area contributed by atoms with Crippen molar-refractivity contribution in [3.63, 3.8) is 0 Å². The molecule has 3 heteroatoms. The molecule has 0 amide bonds. The summed E-state index contributed by atoms with van der Waals surface area (Å²) in [5.74, 6) is 0.202. The molecular weight excluding hydrogens is 316 g/mol. The van der Waals surface area contributed by atoms with Gasteiger partial charge in [-0.2, -0.15) is 18.2 Å². The minimum absolute atomic E-state index is 0. The van der Waals surface area contributed by atoms with Crippen molar-refractivity contribution in [1.82, 2.24) is 0 Å². The van der Waals surface area contributed by atoms with Gasteiger partial charge in [0.1, 0.15) is 0 Å². The minimum Gasteiger partial charge on any atom is -0.579 e. The smallest absolute Gasteiger partial charge is 0.579 e. The molecule has 0 fully saturated rings. The van der Waals surface area contributed by atoms with Crippen LogP contribution in [-0.2, 0) is 17.1 Å². The van der Waals surface area contributed by atoms with Crippen LogP contribution in [0, 0.1) is 0 Å². The largest absolute Gasteiger partial charge is 2.00 e. The quantitative estimate of drug-likeness (QED) is 0.486. The van der Waals surface area contributed by atoms with Crippen molar-refractivity contribution >= 4 is 6.08 Å². The second-order valence-corrected chi connectivity index (χ2v) is 4.30. The van der Waals surface area contributed by atoms with Crippen molar-refractivity contribution in [2.45, 2.75) is 0 Å². The Kier molecular flexibility index (Phi) is 7.69. The number of benzene rings is 1. The third-order valence-electron chi connectivity index (χ3n) is 2.78. The van der Waals surface area contributed by atoms with E-state index in [2.05, 4.69) is 6.58 Å². The van der Waals surface area contributed by atoms with Crippen molar-refractivity contribution in [1.29, 1.82) is 0 Å². The summed E-state index contributed by atoms with van der Waals surface area (Å²) in [7, 11) is 0. The van der Waals surface area contributed by atoms with Gasteiger partial charge in [0.05, 0.1) is 5.95 Å². The Morgan fingerprint density at radius 2 is 1.64 bits per heavy atom. The number of rotatable bonds is 3. The number of hydrogen-bond acceptors (Lipinski definition) is 2. The zero-order chi connectivity index (χ0) is 14.9. The molecule has 2 aromatic rings. The number of ether oxygens (including phenoxy) is 1. The molecule has 0 aromatic heterocycles. The van der Waals surface area contributed by atoms with Gasteiger partial charge in [-0.15, -0.1) is 0 Å². The average molecular weight is 332 g/mol. The van der Waals surface area contributed by atoms with Gasteiger partial charge >= 0.3 is 17.1 Å². The molecule has 0 spiro atoms. The third kappa shape index (κ3) is 5.57. The molecule has 0 heterocycles. The SMILES string of the molecule is C=Cc1ccc(OC([O-])=C2C=CC=C2)cc1.[Fe+2].c1cc[cH-]c1. The fourth-order valence-corrected chi connectivity index (χ4v) is 1.67. The van der Waals surface area contributed by atoms with Gasteiger partial charge in [-0.3, -0.25) is 0 Å². The summed E-state index contributed by atoms with van der Waals surface area (Å²) in [6.45, 7) is 3.65. The van der Waals surface area contributed by atoms with E-state index in [1.165, 1.54) is 0 Å². The van der Waals surface area contributed by atoms with Crippen LogP contribution in [0.4, 0.5) is 0 Å². The second-order valence-electron chi connectivity index (χ2n) is 4.30. The number of hydrogen-bond donors (Lipinski definition) is 0. The van der Waals surface area contributed by atoms with E-state index in [0.29, 0.717) is 11.3 Å². The van der Waals surface area contributed by atoms with E-state index in [0.717, 1.165) is 5.56 Å². The van der Waals surface area contributed by atoms with Gasteiger partial charge in [-0.1, -0.05) is 49.1 Å². The Labute approximate surface area is 141 Å². The molecule has 0 N–H and O–H groups in total. The Balaban J connectivity index is 0.000000344. The first kappa shape index (κ1) is 17.7. The minimum atomic E-state index is -0.337. The van der Waals surface area contributed by atoms with E-state index in [1.807, 2.05) is 42.5 Å². The molecule has 22 heavy (non-hydrogen) atoms. The first-order valence-corrected chi connectivity index (χ1v) is 6.62. The number of allylic oxidation sites excluding steroid dienone is 5. The monoisotopic (exact) mass is 332 g/mol. The molecule has 0 aliphatic heterocycles. The van der Waals surface area contributed by atoms with Crippen molar-refractivity contribution < 1.29 is 26.9 Å². The molecule has 0 saturated heterocycles. The van der Waals surface area contributed by atoms with Gasteiger partial charge in [0.25, 0.3) is 0 Å². The predicted octanol–water partition coefficient (Wildman–Crippen LogP) is 3.81. The van der Waals surface area contributed by atoms with Gasteiger partial charge in [0, 0.05) is 5.75 Å². The van der Waals surface area contributed by atoms with E-state index < -0.39 is 0 Å². The van der Waals surface area contributed by atoms with Crippen LogP contribution in [0.5, 0.6) is 5.75 Å². The van der Waals surface area contributed by atoms with Crippen LogP contribution >= 0.6 is 0 Å². The van der Waals surface area contributed by atoms with Crippen LogP contribution in [-0.4, -0.2) is 0 Å². The van der Waals surface area contributed by atoms with E-state index in [-0.39, 0.29) is 23.0 Å². The molecule has 0 saturated carbocycles.